The summed E-state index contributed by atoms with van der Waals surface area (Å²) in [5.74, 6) is -0.190. The zero-order chi connectivity index (χ0) is 20.9. The van der Waals surface area contributed by atoms with E-state index >= 15 is 0 Å². The molecule has 148 valence electrons. The van der Waals surface area contributed by atoms with Crippen molar-refractivity contribution >= 4 is 15.7 Å². The minimum Gasteiger partial charge on any atom is -0.258 e. The van der Waals surface area contributed by atoms with Gasteiger partial charge in [-0.3, -0.25) is 10.1 Å². The molecule has 0 atom stereocenters. The van der Waals surface area contributed by atoms with Crippen molar-refractivity contribution in [2.45, 2.75) is 10.8 Å². The van der Waals surface area contributed by atoms with Crippen LogP contribution in [0.25, 0.3) is 0 Å². The van der Waals surface area contributed by atoms with Gasteiger partial charge in [-0.15, -0.1) is 0 Å². The molecular formula is C22H20N2O4S. The molecule has 0 aromatic heterocycles. The Kier molecular flexibility index (Phi) is 6.21. The van der Waals surface area contributed by atoms with Crippen LogP contribution in [0.5, 0.6) is 0 Å². The summed E-state index contributed by atoms with van der Waals surface area (Å²) >= 11 is 0. The average molecular weight is 408 g/mol. The lowest BCUT2D eigenvalue weighted by Crippen LogP contribution is -2.27. The van der Waals surface area contributed by atoms with Crippen molar-refractivity contribution in [2.75, 3.05) is 6.54 Å². The zero-order valence-electron chi connectivity index (χ0n) is 15.6. The molecule has 0 saturated carbocycles. The number of benzene rings is 3. The van der Waals surface area contributed by atoms with Crippen LogP contribution < -0.4 is 4.72 Å². The molecule has 0 unspecified atom stereocenters. The van der Waals surface area contributed by atoms with E-state index in [2.05, 4.69) is 11.3 Å². The largest absolute Gasteiger partial charge is 0.270 e. The molecule has 0 aliphatic carbocycles. The monoisotopic (exact) mass is 408 g/mol. The molecule has 0 aliphatic heterocycles. The highest BCUT2D eigenvalue weighted by atomic mass is 32.2. The normalized spacial score (nSPS) is 11.3. The summed E-state index contributed by atoms with van der Waals surface area (Å²) in [6.07, 6.45) is 0. The van der Waals surface area contributed by atoms with Crippen LogP contribution in [0.3, 0.4) is 0 Å². The van der Waals surface area contributed by atoms with Crippen LogP contribution in [0.2, 0.25) is 0 Å². The van der Waals surface area contributed by atoms with E-state index < -0.39 is 14.9 Å². The van der Waals surface area contributed by atoms with Gasteiger partial charge in [0.05, 0.1) is 9.82 Å². The second kappa shape index (κ2) is 8.81. The molecular weight excluding hydrogens is 388 g/mol. The van der Waals surface area contributed by atoms with Crippen molar-refractivity contribution in [3.63, 3.8) is 0 Å². The van der Waals surface area contributed by atoms with Gasteiger partial charge in [-0.1, -0.05) is 78.9 Å². The Bertz CT molecular complexity index is 1070. The van der Waals surface area contributed by atoms with Crippen LogP contribution in [0.15, 0.2) is 102 Å². The lowest BCUT2D eigenvalue weighted by molar-refractivity contribution is -0.385. The Labute approximate surface area is 169 Å². The summed E-state index contributed by atoms with van der Waals surface area (Å²) in [6.45, 7) is 4.11. The fourth-order valence-corrected chi connectivity index (χ4v) is 4.17. The van der Waals surface area contributed by atoms with Crippen LogP contribution in [-0.4, -0.2) is 19.9 Å². The lowest BCUT2D eigenvalue weighted by Gasteiger charge is -2.21. The van der Waals surface area contributed by atoms with Gasteiger partial charge in [0.15, 0.2) is 0 Å². The van der Waals surface area contributed by atoms with Crippen LogP contribution in [0, 0.1) is 10.1 Å². The van der Waals surface area contributed by atoms with Gasteiger partial charge < -0.3 is 0 Å². The molecule has 0 bridgehead atoms. The van der Waals surface area contributed by atoms with E-state index in [-0.39, 0.29) is 23.0 Å². The highest BCUT2D eigenvalue weighted by Crippen LogP contribution is 2.30. The first-order valence-corrected chi connectivity index (χ1v) is 10.4. The van der Waals surface area contributed by atoms with E-state index in [0.717, 1.165) is 17.2 Å². The molecule has 0 heterocycles. The van der Waals surface area contributed by atoms with Gasteiger partial charge in [0.25, 0.3) is 5.69 Å². The number of nitrogens with one attached hydrogen (secondary N) is 1. The Morgan fingerprint density at radius 3 is 2.00 bits per heavy atom. The quantitative estimate of drug-likeness (QED) is 0.343. The molecule has 3 aromatic carbocycles. The van der Waals surface area contributed by atoms with Crippen LogP contribution in [0.4, 0.5) is 5.69 Å². The number of rotatable bonds is 8. The molecule has 1 N–H and O–H groups in total. The second-order valence-electron chi connectivity index (χ2n) is 6.49. The third kappa shape index (κ3) is 4.96. The summed E-state index contributed by atoms with van der Waals surface area (Å²) in [7, 11) is -3.92. The molecule has 3 aromatic rings. The molecule has 0 fully saturated rings. The maximum absolute atomic E-state index is 12.6. The lowest BCUT2D eigenvalue weighted by atomic mass is 9.85. The van der Waals surface area contributed by atoms with Gasteiger partial charge in [-0.25, -0.2) is 13.1 Å². The molecule has 29 heavy (non-hydrogen) atoms. The van der Waals surface area contributed by atoms with Gasteiger partial charge in [0.2, 0.25) is 10.0 Å². The van der Waals surface area contributed by atoms with Gasteiger partial charge in [0.1, 0.15) is 0 Å². The number of hydrogen-bond donors (Lipinski definition) is 1. The van der Waals surface area contributed by atoms with E-state index in [0.29, 0.717) is 5.57 Å². The first kappa shape index (κ1) is 20.4. The van der Waals surface area contributed by atoms with Gasteiger partial charge in [-0.2, -0.15) is 0 Å². The van der Waals surface area contributed by atoms with E-state index in [9.17, 15) is 18.5 Å². The SMILES string of the molecule is C=C(CNS(=O)(=O)c1cccc([N+](=O)[O-])c1)C(c1ccccc1)c1ccccc1. The fraction of sp³-hybridized carbons (Fsp3) is 0.0909. The summed E-state index contributed by atoms with van der Waals surface area (Å²) < 4.78 is 27.8. The predicted molar refractivity (Wildman–Crippen MR) is 112 cm³/mol. The minimum absolute atomic E-state index is 0.000515. The molecule has 0 spiro atoms. The van der Waals surface area contributed by atoms with E-state index in [1.165, 1.54) is 18.2 Å². The number of sulfonamides is 1. The molecule has 6 nitrogen and oxygen atoms in total. The number of nitro groups is 1. The zero-order valence-corrected chi connectivity index (χ0v) is 16.4. The van der Waals surface area contributed by atoms with Crippen molar-refractivity contribution in [3.05, 3.63) is 118 Å². The summed E-state index contributed by atoms with van der Waals surface area (Å²) in [5.41, 5.74) is 2.38. The van der Waals surface area contributed by atoms with Gasteiger partial charge in [-0.05, 0) is 17.2 Å². The van der Waals surface area contributed by atoms with Crippen LogP contribution in [-0.2, 0) is 10.0 Å². The fourth-order valence-electron chi connectivity index (χ4n) is 3.09. The van der Waals surface area contributed by atoms with E-state index in [1.54, 1.807) is 0 Å². The highest BCUT2D eigenvalue weighted by Gasteiger charge is 2.21. The first-order chi connectivity index (χ1) is 13.9. The first-order valence-electron chi connectivity index (χ1n) is 8.90. The predicted octanol–water partition coefficient (Wildman–Crippen LogP) is 4.26. The molecule has 0 aliphatic rings. The van der Waals surface area contributed by atoms with Crippen LogP contribution in [0.1, 0.15) is 17.0 Å². The van der Waals surface area contributed by atoms with Crippen molar-refractivity contribution in [1.82, 2.24) is 4.72 Å². The maximum Gasteiger partial charge on any atom is 0.270 e. The highest BCUT2D eigenvalue weighted by molar-refractivity contribution is 7.89. The van der Waals surface area contributed by atoms with Crippen molar-refractivity contribution in [1.29, 1.82) is 0 Å². The number of hydrogen-bond acceptors (Lipinski definition) is 4. The minimum atomic E-state index is -3.92. The maximum atomic E-state index is 12.6. The van der Waals surface area contributed by atoms with E-state index in [1.807, 2.05) is 60.7 Å². The third-order valence-corrected chi connectivity index (χ3v) is 5.90. The van der Waals surface area contributed by atoms with E-state index in [4.69, 9.17) is 0 Å². The average Bonchev–Trinajstić information content (AvgIpc) is 2.74. The summed E-state index contributed by atoms with van der Waals surface area (Å²) in [4.78, 5) is 10.1. The van der Waals surface area contributed by atoms with Crippen molar-refractivity contribution in [2.24, 2.45) is 0 Å². The molecule has 7 heteroatoms. The second-order valence-corrected chi connectivity index (χ2v) is 8.26. The van der Waals surface area contributed by atoms with Crippen molar-refractivity contribution in [3.8, 4) is 0 Å². The van der Waals surface area contributed by atoms with Gasteiger partial charge >= 0.3 is 0 Å². The van der Waals surface area contributed by atoms with Gasteiger partial charge in [0, 0.05) is 24.6 Å². The Hall–Kier alpha value is -3.29. The summed E-state index contributed by atoms with van der Waals surface area (Å²) in [5, 5.41) is 10.9. The molecule has 0 amide bonds. The molecule has 3 rings (SSSR count). The number of non-ortho nitro benzene ring substituents is 1. The topological polar surface area (TPSA) is 89.3 Å². The van der Waals surface area contributed by atoms with Crippen molar-refractivity contribution < 1.29 is 13.3 Å². The Balaban J connectivity index is 1.83. The number of nitro benzene ring substituents is 1. The Morgan fingerprint density at radius 1 is 0.931 bits per heavy atom. The molecule has 0 saturated heterocycles. The third-order valence-electron chi connectivity index (χ3n) is 4.50. The smallest absolute Gasteiger partial charge is 0.258 e. The Morgan fingerprint density at radius 2 is 1.48 bits per heavy atom. The van der Waals surface area contributed by atoms with Crippen LogP contribution >= 0.6 is 0 Å². The standard InChI is InChI=1S/C22H20N2O4S/c1-17(16-23-29(27,28)21-14-8-13-20(15-21)24(25)26)22(18-9-4-2-5-10-18)19-11-6-3-7-12-19/h2-15,22-23H,1,16H2. The number of nitrogens with zero attached hydrogens (tertiary/aromatic N) is 1. The molecule has 0 radical (unpaired) electrons. The summed E-state index contributed by atoms with van der Waals surface area (Å²) in [6, 6.07) is 24.4.